The molecule has 0 radical (unpaired) electrons. The highest BCUT2D eigenvalue weighted by Crippen LogP contribution is 2.16. The van der Waals surface area contributed by atoms with Gasteiger partial charge in [-0.25, -0.2) is 4.79 Å². The van der Waals surface area contributed by atoms with E-state index in [1.807, 2.05) is 60.7 Å². The van der Waals surface area contributed by atoms with Crippen molar-refractivity contribution in [2.45, 2.75) is 57.7 Å². The number of aromatic nitrogens is 4. The van der Waals surface area contributed by atoms with Crippen molar-refractivity contribution in [3.05, 3.63) is 77.6 Å². The molecule has 0 spiro atoms. The van der Waals surface area contributed by atoms with Crippen LogP contribution in [0.5, 0.6) is 0 Å². The molecule has 9 heteroatoms. The first kappa shape index (κ1) is 23.9. The largest absolute Gasteiger partial charge is 0.445 e. The number of unbranched alkanes of at least 4 members (excludes halogenated alkanes) is 2. The third-order valence-corrected chi connectivity index (χ3v) is 5.19. The van der Waals surface area contributed by atoms with E-state index < -0.39 is 18.2 Å². The molecule has 0 aliphatic carbocycles. The molecule has 174 valence electrons. The van der Waals surface area contributed by atoms with Crippen molar-refractivity contribution in [1.82, 2.24) is 31.3 Å². The number of amides is 2. The topological polar surface area (TPSA) is 122 Å². The number of carbonyl (C=O) groups is 2. The van der Waals surface area contributed by atoms with Gasteiger partial charge in [-0.3, -0.25) is 4.79 Å². The Hall–Kier alpha value is -3.75. The van der Waals surface area contributed by atoms with Crippen molar-refractivity contribution in [3.63, 3.8) is 0 Å². The van der Waals surface area contributed by atoms with Gasteiger partial charge in [0.15, 0.2) is 5.82 Å². The van der Waals surface area contributed by atoms with Crippen LogP contribution in [0, 0.1) is 0 Å². The Kier molecular flexibility index (Phi) is 9.38. The summed E-state index contributed by atoms with van der Waals surface area (Å²) in [6.07, 6.45) is 3.33. The minimum absolute atomic E-state index is 0.120. The van der Waals surface area contributed by atoms with E-state index in [0.717, 1.165) is 30.4 Å². The molecule has 0 saturated heterocycles. The maximum atomic E-state index is 13.2. The number of hydrogen-bond acceptors (Lipinski definition) is 6. The number of alkyl carbamates (subject to hydrolysis) is 1. The van der Waals surface area contributed by atoms with Gasteiger partial charge in [0.05, 0.1) is 6.04 Å². The van der Waals surface area contributed by atoms with Crippen LogP contribution in [0.25, 0.3) is 0 Å². The Morgan fingerprint density at radius 2 is 1.67 bits per heavy atom. The minimum Gasteiger partial charge on any atom is -0.445 e. The molecule has 1 unspecified atom stereocenters. The summed E-state index contributed by atoms with van der Waals surface area (Å²) >= 11 is 0. The maximum Gasteiger partial charge on any atom is 0.408 e. The summed E-state index contributed by atoms with van der Waals surface area (Å²) in [5.74, 6) is 0.0892. The Morgan fingerprint density at radius 1 is 0.970 bits per heavy atom. The van der Waals surface area contributed by atoms with Crippen LogP contribution < -0.4 is 10.6 Å². The first-order chi connectivity index (χ1) is 16.2. The Morgan fingerprint density at radius 3 is 2.30 bits per heavy atom. The molecule has 2 atom stereocenters. The number of H-pyrrole nitrogens is 1. The number of carbonyl (C=O) groups excluding carboxylic acids is 2. The highest BCUT2D eigenvalue weighted by Gasteiger charge is 2.26. The van der Waals surface area contributed by atoms with Gasteiger partial charge in [-0.15, -0.1) is 10.2 Å². The van der Waals surface area contributed by atoms with Gasteiger partial charge in [0.2, 0.25) is 5.91 Å². The quantitative estimate of drug-likeness (QED) is 0.363. The SMILES string of the molecule is CCCCCC(NC(=O)[C@H](Cc1ccccc1)NC(=O)OCc1ccccc1)c1nn[nH]n1. The molecule has 1 aromatic heterocycles. The smallest absolute Gasteiger partial charge is 0.408 e. The van der Waals surface area contributed by atoms with Crippen LogP contribution in [-0.2, 0) is 22.6 Å². The van der Waals surface area contributed by atoms with Crippen LogP contribution in [0.2, 0.25) is 0 Å². The van der Waals surface area contributed by atoms with Crippen LogP contribution in [-0.4, -0.2) is 38.7 Å². The van der Waals surface area contributed by atoms with Crippen molar-refractivity contribution < 1.29 is 14.3 Å². The highest BCUT2D eigenvalue weighted by atomic mass is 16.5. The van der Waals surface area contributed by atoms with Gasteiger partial charge in [0.25, 0.3) is 0 Å². The summed E-state index contributed by atoms with van der Waals surface area (Å²) in [5, 5.41) is 19.8. The number of nitrogens with one attached hydrogen (secondary N) is 3. The average molecular weight is 451 g/mol. The summed E-state index contributed by atoms with van der Waals surface area (Å²) < 4.78 is 5.33. The van der Waals surface area contributed by atoms with Crippen LogP contribution in [0.4, 0.5) is 4.79 Å². The Balaban J connectivity index is 1.67. The fraction of sp³-hybridized carbons (Fsp3) is 0.375. The van der Waals surface area contributed by atoms with Gasteiger partial charge >= 0.3 is 6.09 Å². The summed E-state index contributed by atoms with van der Waals surface area (Å²) in [7, 11) is 0. The van der Waals surface area contributed by atoms with Gasteiger partial charge < -0.3 is 15.4 Å². The van der Waals surface area contributed by atoms with Crippen LogP contribution in [0.3, 0.4) is 0 Å². The predicted octanol–water partition coefficient (Wildman–Crippen LogP) is 3.48. The van der Waals surface area contributed by atoms with E-state index >= 15 is 0 Å². The average Bonchev–Trinajstić information content (AvgIpc) is 3.38. The number of ether oxygens (including phenoxy) is 1. The second-order valence-electron chi connectivity index (χ2n) is 7.78. The molecule has 2 amide bonds. The third kappa shape index (κ3) is 8.03. The number of nitrogens with zero attached hydrogens (tertiary/aromatic N) is 3. The molecule has 3 rings (SSSR count). The molecule has 1 heterocycles. The van der Waals surface area contributed by atoms with E-state index in [-0.39, 0.29) is 12.5 Å². The number of benzene rings is 2. The van der Waals surface area contributed by atoms with Gasteiger partial charge in [-0.1, -0.05) is 92.1 Å². The summed E-state index contributed by atoms with van der Waals surface area (Å²) in [6.45, 7) is 2.23. The molecule has 33 heavy (non-hydrogen) atoms. The summed E-state index contributed by atoms with van der Waals surface area (Å²) in [4.78, 5) is 25.7. The van der Waals surface area contributed by atoms with Crippen molar-refractivity contribution in [2.75, 3.05) is 0 Å². The molecule has 3 aromatic rings. The van der Waals surface area contributed by atoms with E-state index in [2.05, 4.69) is 38.2 Å². The molecule has 3 N–H and O–H groups in total. The fourth-order valence-corrected chi connectivity index (χ4v) is 3.42. The first-order valence-electron chi connectivity index (χ1n) is 11.2. The lowest BCUT2D eigenvalue weighted by atomic mass is 10.0. The standard InChI is InChI=1S/C24H30N6O3/c1-2-3-6-15-20(22-27-29-30-28-22)25-23(31)21(16-18-11-7-4-8-12-18)26-24(32)33-17-19-13-9-5-10-14-19/h4-5,7-14,20-21H,2-3,6,15-17H2,1H3,(H,25,31)(H,26,32)(H,27,28,29,30)/t20?,21-/m0/s1. The lowest BCUT2D eigenvalue weighted by molar-refractivity contribution is -0.124. The van der Waals surface area contributed by atoms with Gasteiger partial charge in [-0.2, -0.15) is 5.21 Å². The molecule has 0 aliphatic rings. The number of tetrazole rings is 1. The fourth-order valence-electron chi connectivity index (χ4n) is 3.42. The lowest BCUT2D eigenvalue weighted by Crippen LogP contribution is -2.49. The molecule has 2 aromatic carbocycles. The van der Waals surface area contributed by atoms with Crippen molar-refractivity contribution >= 4 is 12.0 Å². The monoisotopic (exact) mass is 450 g/mol. The van der Waals surface area contributed by atoms with Gasteiger partial charge in [0, 0.05) is 6.42 Å². The molecule has 0 fully saturated rings. The first-order valence-corrected chi connectivity index (χ1v) is 11.2. The van der Waals surface area contributed by atoms with Crippen LogP contribution >= 0.6 is 0 Å². The molecule has 0 aliphatic heterocycles. The van der Waals surface area contributed by atoms with E-state index in [9.17, 15) is 9.59 Å². The number of rotatable bonds is 12. The van der Waals surface area contributed by atoms with Gasteiger partial charge in [0.1, 0.15) is 12.6 Å². The zero-order chi connectivity index (χ0) is 23.3. The molecule has 0 bridgehead atoms. The van der Waals surface area contributed by atoms with Gasteiger partial charge in [-0.05, 0) is 17.5 Å². The molecular formula is C24H30N6O3. The van der Waals surface area contributed by atoms with E-state index in [1.54, 1.807) is 0 Å². The van der Waals surface area contributed by atoms with Crippen molar-refractivity contribution in [3.8, 4) is 0 Å². The molecule has 9 nitrogen and oxygen atoms in total. The maximum absolute atomic E-state index is 13.2. The second-order valence-corrected chi connectivity index (χ2v) is 7.78. The zero-order valence-corrected chi connectivity index (χ0v) is 18.7. The van der Waals surface area contributed by atoms with E-state index in [4.69, 9.17) is 4.74 Å². The lowest BCUT2D eigenvalue weighted by Gasteiger charge is -2.22. The Bertz CT molecular complexity index is 966. The van der Waals surface area contributed by atoms with Crippen LogP contribution in [0.15, 0.2) is 60.7 Å². The molecular weight excluding hydrogens is 420 g/mol. The minimum atomic E-state index is -0.823. The van der Waals surface area contributed by atoms with Crippen molar-refractivity contribution in [1.29, 1.82) is 0 Å². The van der Waals surface area contributed by atoms with Crippen LogP contribution in [0.1, 0.15) is 55.6 Å². The number of hydrogen-bond donors (Lipinski definition) is 3. The van der Waals surface area contributed by atoms with E-state index in [0.29, 0.717) is 18.7 Å². The Labute approximate surface area is 193 Å². The predicted molar refractivity (Wildman–Crippen MR) is 123 cm³/mol. The summed E-state index contributed by atoms with van der Waals surface area (Å²) in [6, 6.07) is 17.7. The highest BCUT2D eigenvalue weighted by molar-refractivity contribution is 5.86. The number of aromatic amines is 1. The second kappa shape index (κ2) is 12.9. The zero-order valence-electron chi connectivity index (χ0n) is 18.7. The normalized spacial score (nSPS) is 12.5. The summed E-state index contributed by atoms with van der Waals surface area (Å²) in [5.41, 5.74) is 1.79. The van der Waals surface area contributed by atoms with E-state index in [1.165, 1.54) is 0 Å². The molecule has 0 saturated carbocycles. The third-order valence-electron chi connectivity index (χ3n) is 5.19. The van der Waals surface area contributed by atoms with Crippen molar-refractivity contribution in [2.24, 2.45) is 0 Å².